The SMILES string of the molecule is Cc1noc(C)c1C(=O)OCC(=O)NCCc1ccc(F)cc1. The van der Waals surface area contributed by atoms with E-state index in [2.05, 4.69) is 10.5 Å². The van der Waals surface area contributed by atoms with Crippen molar-refractivity contribution in [3.8, 4) is 0 Å². The van der Waals surface area contributed by atoms with Crippen LogP contribution in [0, 0.1) is 19.7 Å². The molecular weight excluding hydrogens is 303 g/mol. The Bertz CT molecular complexity index is 675. The van der Waals surface area contributed by atoms with E-state index in [4.69, 9.17) is 9.26 Å². The number of rotatable bonds is 6. The summed E-state index contributed by atoms with van der Waals surface area (Å²) < 4.78 is 22.6. The summed E-state index contributed by atoms with van der Waals surface area (Å²) >= 11 is 0. The van der Waals surface area contributed by atoms with Gasteiger partial charge in [0.05, 0.1) is 5.69 Å². The molecule has 0 saturated heterocycles. The van der Waals surface area contributed by atoms with Crippen LogP contribution in [0.4, 0.5) is 4.39 Å². The van der Waals surface area contributed by atoms with Gasteiger partial charge in [0.15, 0.2) is 6.61 Å². The topological polar surface area (TPSA) is 81.4 Å². The predicted molar refractivity (Wildman–Crippen MR) is 79.4 cm³/mol. The summed E-state index contributed by atoms with van der Waals surface area (Å²) in [5.74, 6) is -1.00. The molecule has 0 atom stereocenters. The molecule has 1 N–H and O–H groups in total. The molecule has 0 fully saturated rings. The number of nitrogens with one attached hydrogen (secondary N) is 1. The number of hydrogen-bond acceptors (Lipinski definition) is 5. The fourth-order valence-electron chi connectivity index (χ4n) is 2.03. The van der Waals surface area contributed by atoms with E-state index in [9.17, 15) is 14.0 Å². The van der Waals surface area contributed by atoms with Gasteiger partial charge in [-0.3, -0.25) is 4.79 Å². The number of hydrogen-bond donors (Lipinski definition) is 1. The van der Waals surface area contributed by atoms with Crippen LogP contribution in [-0.2, 0) is 16.0 Å². The Balaban J connectivity index is 1.73. The summed E-state index contributed by atoms with van der Waals surface area (Å²) in [6.45, 7) is 3.20. The van der Waals surface area contributed by atoms with E-state index in [1.807, 2.05) is 0 Å². The number of benzene rings is 1. The van der Waals surface area contributed by atoms with Crippen molar-refractivity contribution in [2.75, 3.05) is 13.2 Å². The molecule has 7 heteroatoms. The molecule has 1 heterocycles. The van der Waals surface area contributed by atoms with E-state index in [0.29, 0.717) is 24.4 Å². The zero-order valence-corrected chi connectivity index (χ0v) is 12.9. The average molecular weight is 320 g/mol. The van der Waals surface area contributed by atoms with Crippen LogP contribution in [0.15, 0.2) is 28.8 Å². The van der Waals surface area contributed by atoms with E-state index >= 15 is 0 Å². The van der Waals surface area contributed by atoms with Gasteiger partial charge >= 0.3 is 5.97 Å². The summed E-state index contributed by atoms with van der Waals surface area (Å²) in [6, 6.07) is 6.03. The second-order valence-corrected chi connectivity index (χ2v) is 5.00. The van der Waals surface area contributed by atoms with Gasteiger partial charge in [-0.1, -0.05) is 17.3 Å². The van der Waals surface area contributed by atoms with Gasteiger partial charge in [0.25, 0.3) is 5.91 Å². The maximum Gasteiger partial charge on any atom is 0.344 e. The molecule has 23 heavy (non-hydrogen) atoms. The molecule has 1 aromatic carbocycles. The lowest BCUT2D eigenvalue weighted by atomic mass is 10.1. The second-order valence-electron chi connectivity index (χ2n) is 5.00. The van der Waals surface area contributed by atoms with E-state index in [1.54, 1.807) is 26.0 Å². The van der Waals surface area contributed by atoms with Crippen molar-refractivity contribution in [1.82, 2.24) is 10.5 Å². The zero-order chi connectivity index (χ0) is 16.8. The number of aryl methyl sites for hydroxylation is 2. The summed E-state index contributed by atoms with van der Waals surface area (Å²) in [6.07, 6.45) is 0.559. The minimum absolute atomic E-state index is 0.240. The first kappa shape index (κ1) is 16.7. The first-order valence-electron chi connectivity index (χ1n) is 7.08. The Kier molecular flexibility index (Phi) is 5.46. The van der Waals surface area contributed by atoms with Crippen molar-refractivity contribution >= 4 is 11.9 Å². The number of carbonyl (C=O) groups is 2. The van der Waals surface area contributed by atoms with Crippen LogP contribution in [0.25, 0.3) is 0 Å². The van der Waals surface area contributed by atoms with Crippen LogP contribution in [0.5, 0.6) is 0 Å². The van der Waals surface area contributed by atoms with E-state index in [1.165, 1.54) is 12.1 Å². The van der Waals surface area contributed by atoms with Crippen LogP contribution >= 0.6 is 0 Å². The molecule has 1 amide bonds. The summed E-state index contributed by atoms with van der Waals surface area (Å²) in [5.41, 5.74) is 1.56. The van der Waals surface area contributed by atoms with Crippen molar-refractivity contribution in [1.29, 1.82) is 0 Å². The normalized spacial score (nSPS) is 10.4. The number of ether oxygens (including phenoxy) is 1. The first-order valence-corrected chi connectivity index (χ1v) is 7.08. The summed E-state index contributed by atoms with van der Waals surface area (Å²) in [5, 5.41) is 6.28. The van der Waals surface area contributed by atoms with Gasteiger partial charge < -0.3 is 14.6 Å². The zero-order valence-electron chi connectivity index (χ0n) is 12.9. The fourth-order valence-corrected chi connectivity index (χ4v) is 2.03. The maximum absolute atomic E-state index is 12.8. The Labute approximate surface area is 132 Å². The van der Waals surface area contributed by atoms with Crippen LogP contribution in [-0.4, -0.2) is 30.2 Å². The largest absolute Gasteiger partial charge is 0.452 e. The van der Waals surface area contributed by atoms with Gasteiger partial charge in [-0.05, 0) is 38.0 Å². The van der Waals surface area contributed by atoms with Gasteiger partial charge in [0.2, 0.25) is 0 Å². The van der Waals surface area contributed by atoms with Crippen LogP contribution < -0.4 is 5.32 Å². The number of carbonyl (C=O) groups excluding carboxylic acids is 2. The molecule has 122 valence electrons. The molecule has 0 spiro atoms. The quantitative estimate of drug-likeness (QED) is 0.823. The number of nitrogens with zero attached hydrogens (tertiary/aromatic N) is 1. The third kappa shape index (κ3) is 4.64. The molecule has 0 aliphatic carbocycles. The number of halogens is 1. The van der Waals surface area contributed by atoms with Crippen LogP contribution in [0.2, 0.25) is 0 Å². The van der Waals surface area contributed by atoms with Gasteiger partial charge in [-0.15, -0.1) is 0 Å². The van der Waals surface area contributed by atoms with Crippen molar-refractivity contribution in [3.05, 3.63) is 52.7 Å². The summed E-state index contributed by atoms with van der Waals surface area (Å²) in [4.78, 5) is 23.5. The molecule has 0 radical (unpaired) electrons. The Morgan fingerprint density at radius 1 is 1.26 bits per heavy atom. The third-order valence-corrected chi connectivity index (χ3v) is 3.22. The molecule has 6 nitrogen and oxygen atoms in total. The van der Waals surface area contributed by atoms with Crippen molar-refractivity contribution in [2.45, 2.75) is 20.3 Å². The standard InChI is InChI=1S/C16H17FN2O4/c1-10-15(11(2)23-19-10)16(21)22-9-14(20)18-8-7-12-3-5-13(17)6-4-12/h3-6H,7-9H2,1-2H3,(H,18,20). The fraction of sp³-hybridized carbons (Fsp3) is 0.312. The van der Waals surface area contributed by atoms with Gasteiger partial charge in [0.1, 0.15) is 17.1 Å². The Morgan fingerprint density at radius 2 is 1.96 bits per heavy atom. The van der Waals surface area contributed by atoms with Crippen molar-refractivity contribution in [3.63, 3.8) is 0 Å². The number of amides is 1. The molecule has 2 aromatic rings. The Hall–Kier alpha value is -2.70. The van der Waals surface area contributed by atoms with E-state index in [-0.39, 0.29) is 18.0 Å². The van der Waals surface area contributed by atoms with Crippen molar-refractivity contribution < 1.29 is 23.2 Å². The number of aromatic nitrogens is 1. The molecule has 0 aliphatic heterocycles. The molecule has 0 saturated carbocycles. The monoisotopic (exact) mass is 320 g/mol. The molecule has 1 aromatic heterocycles. The lowest BCUT2D eigenvalue weighted by molar-refractivity contribution is -0.124. The summed E-state index contributed by atoms with van der Waals surface area (Å²) in [7, 11) is 0. The smallest absolute Gasteiger partial charge is 0.344 e. The molecular formula is C16H17FN2O4. The lowest BCUT2D eigenvalue weighted by Crippen LogP contribution is -2.30. The van der Waals surface area contributed by atoms with E-state index < -0.39 is 11.9 Å². The lowest BCUT2D eigenvalue weighted by Gasteiger charge is -2.06. The van der Waals surface area contributed by atoms with E-state index in [0.717, 1.165) is 5.56 Å². The van der Waals surface area contributed by atoms with Crippen LogP contribution in [0.1, 0.15) is 27.4 Å². The highest BCUT2D eigenvalue weighted by Gasteiger charge is 2.19. The third-order valence-electron chi connectivity index (χ3n) is 3.22. The minimum Gasteiger partial charge on any atom is -0.452 e. The average Bonchev–Trinajstić information content (AvgIpc) is 2.86. The second kappa shape index (κ2) is 7.53. The molecule has 2 rings (SSSR count). The highest BCUT2D eigenvalue weighted by Crippen LogP contribution is 2.13. The molecule has 0 aliphatic rings. The Morgan fingerprint density at radius 3 is 2.57 bits per heavy atom. The van der Waals surface area contributed by atoms with Gasteiger partial charge in [0, 0.05) is 6.54 Å². The maximum atomic E-state index is 12.8. The van der Waals surface area contributed by atoms with Gasteiger partial charge in [-0.25, -0.2) is 9.18 Å². The van der Waals surface area contributed by atoms with Gasteiger partial charge in [-0.2, -0.15) is 0 Å². The van der Waals surface area contributed by atoms with Crippen molar-refractivity contribution in [2.24, 2.45) is 0 Å². The highest BCUT2D eigenvalue weighted by atomic mass is 19.1. The first-order chi connectivity index (χ1) is 11.0. The number of esters is 1. The van der Waals surface area contributed by atoms with Crippen LogP contribution in [0.3, 0.4) is 0 Å². The molecule has 0 unspecified atom stereocenters. The highest BCUT2D eigenvalue weighted by molar-refractivity contribution is 5.93. The molecule has 0 bridgehead atoms. The minimum atomic E-state index is -0.644. The predicted octanol–water partition coefficient (Wildman–Crippen LogP) is 1.95.